The Morgan fingerprint density at radius 3 is 2.67 bits per heavy atom. The summed E-state index contributed by atoms with van der Waals surface area (Å²) in [6, 6.07) is 7.57. The van der Waals surface area contributed by atoms with Gasteiger partial charge in [-0.2, -0.15) is 9.36 Å². The number of hydrogen-bond donors (Lipinski definition) is 1. The van der Waals surface area contributed by atoms with Crippen molar-refractivity contribution in [3.8, 4) is 11.4 Å². The Balaban J connectivity index is 2.27. The molecule has 1 heterocycles. The van der Waals surface area contributed by atoms with Gasteiger partial charge in [-0.3, -0.25) is 0 Å². The van der Waals surface area contributed by atoms with Gasteiger partial charge in [0.2, 0.25) is 5.13 Å². The van der Waals surface area contributed by atoms with Crippen LogP contribution < -0.4 is 4.90 Å². The standard InChI is InChI=1S/C13H12BrN3O3S/c1-17(10(7-18)12(19)20-2)13-15-11(16-21-13)8-3-5-9(14)6-4-8/h3-7,18H,1-2H3. The molecule has 0 atom stereocenters. The Morgan fingerprint density at radius 2 is 2.10 bits per heavy atom. The summed E-state index contributed by atoms with van der Waals surface area (Å²) >= 11 is 4.49. The van der Waals surface area contributed by atoms with Gasteiger partial charge in [-0.05, 0) is 12.1 Å². The summed E-state index contributed by atoms with van der Waals surface area (Å²) in [6.07, 6.45) is 0.687. The Kier molecular flexibility index (Phi) is 4.92. The maximum absolute atomic E-state index is 11.5. The SMILES string of the molecule is COC(=O)C(=CO)N(C)c1nc(-c2ccc(Br)cc2)ns1. The van der Waals surface area contributed by atoms with E-state index in [1.54, 1.807) is 7.05 Å². The second-order valence-electron chi connectivity index (χ2n) is 3.97. The third-order valence-corrected chi connectivity index (χ3v) is 4.00. The van der Waals surface area contributed by atoms with E-state index in [4.69, 9.17) is 5.11 Å². The lowest BCUT2D eigenvalue weighted by molar-refractivity contribution is -0.136. The van der Waals surface area contributed by atoms with E-state index in [9.17, 15) is 4.79 Å². The number of ether oxygens (including phenoxy) is 1. The second kappa shape index (κ2) is 6.68. The summed E-state index contributed by atoms with van der Waals surface area (Å²) in [5.74, 6) is -0.100. The number of anilines is 1. The summed E-state index contributed by atoms with van der Waals surface area (Å²) in [4.78, 5) is 17.3. The number of benzene rings is 1. The lowest BCUT2D eigenvalue weighted by atomic mass is 10.2. The molecule has 0 saturated heterocycles. The van der Waals surface area contributed by atoms with Gasteiger partial charge in [0, 0.05) is 28.6 Å². The molecule has 1 N–H and O–H groups in total. The molecule has 0 aliphatic heterocycles. The van der Waals surface area contributed by atoms with Crippen molar-refractivity contribution in [3.63, 3.8) is 0 Å². The second-order valence-corrected chi connectivity index (χ2v) is 5.62. The Labute approximate surface area is 134 Å². The first kappa shape index (κ1) is 15.5. The van der Waals surface area contributed by atoms with Crippen LogP contribution in [0.15, 0.2) is 40.7 Å². The lowest BCUT2D eigenvalue weighted by Crippen LogP contribution is -2.24. The molecule has 0 aliphatic rings. The molecule has 2 rings (SSSR count). The van der Waals surface area contributed by atoms with Crippen LogP contribution in [-0.2, 0) is 9.53 Å². The number of methoxy groups -OCH3 is 1. The van der Waals surface area contributed by atoms with Gasteiger partial charge in [-0.1, -0.05) is 28.1 Å². The number of halogens is 1. The van der Waals surface area contributed by atoms with Crippen molar-refractivity contribution in [1.82, 2.24) is 9.36 Å². The molecule has 0 saturated carbocycles. The predicted molar refractivity (Wildman–Crippen MR) is 84.2 cm³/mol. The van der Waals surface area contributed by atoms with E-state index in [1.807, 2.05) is 24.3 Å². The molecule has 2 aromatic rings. The Bertz CT molecular complexity index is 670. The zero-order valence-corrected chi connectivity index (χ0v) is 13.7. The minimum Gasteiger partial charge on any atom is -0.513 e. The minimum absolute atomic E-state index is 0.0176. The molecule has 0 spiro atoms. The maximum atomic E-state index is 11.5. The number of likely N-dealkylation sites (N-methyl/N-ethyl adjacent to an activating group) is 1. The molecule has 1 aromatic carbocycles. The topological polar surface area (TPSA) is 75.6 Å². The first-order chi connectivity index (χ1) is 10.1. The zero-order valence-electron chi connectivity index (χ0n) is 11.3. The molecule has 6 nitrogen and oxygen atoms in total. The van der Waals surface area contributed by atoms with Gasteiger partial charge < -0.3 is 14.7 Å². The van der Waals surface area contributed by atoms with Crippen LogP contribution in [0.5, 0.6) is 0 Å². The van der Waals surface area contributed by atoms with Crippen LogP contribution in [0.25, 0.3) is 11.4 Å². The number of aromatic nitrogens is 2. The molecule has 1 aromatic heterocycles. The third-order valence-electron chi connectivity index (χ3n) is 2.68. The summed E-state index contributed by atoms with van der Waals surface area (Å²) in [6.45, 7) is 0. The van der Waals surface area contributed by atoms with E-state index >= 15 is 0 Å². The van der Waals surface area contributed by atoms with Crippen molar-refractivity contribution >= 4 is 38.6 Å². The van der Waals surface area contributed by atoms with Gasteiger partial charge in [0.25, 0.3) is 0 Å². The largest absolute Gasteiger partial charge is 0.513 e. The first-order valence-electron chi connectivity index (χ1n) is 5.83. The average Bonchev–Trinajstić information content (AvgIpc) is 2.98. The zero-order chi connectivity index (χ0) is 15.4. The smallest absolute Gasteiger partial charge is 0.357 e. The van der Waals surface area contributed by atoms with Gasteiger partial charge in [0.05, 0.1) is 7.11 Å². The van der Waals surface area contributed by atoms with Gasteiger partial charge >= 0.3 is 5.97 Å². The molecule has 0 amide bonds. The molecule has 0 unspecified atom stereocenters. The molecular formula is C13H12BrN3O3S. The van der Waals surface area contributed by atoms with Crippen LogP contribution in [-0.4, -0.2) is 34.6 Å². The van der Waals surface area contributed by atoms with E-state index in [1.165, 1.54) is 12.0 Å². The van der Waals surface area contributed by atoms with E-state index in [0.717, 1.165) is 21.6 Å². The van der Waals surface area contributed by atoms with Crippen molar-refractivity contribution < 1.29 is 14.6 Å². The van der Waals surface area contributed by atoms with E-state index in [-0.39, 0.29) is 5.70 Å². The van der Waals surface area contributed by atoms with Crippen LogP contribution in [0.3, 0.4) is 0 Å². The Hall–Kier alpha value is -1.93. The van der Waals surface area contributed by atoms with Crippen molar-refractivity contribution in [2.75, 3.05) is 19.1 Å². The number of carbonyl (C=O) groups is 1. The molecular weight excluding hydrogens is 358 g/mol. The van der Waals surface area contributed by atoms with Gasteiger partial charge in [-0.15, -0.1) is 0 Å². The highest BCUT2D eigenvalue weighted by molar-refractivity contribution is 9.10. The molecule has 21 heavy (non-hydrogen) atoms. The molecule has 0 fully saturated rings. The van der Waals surface area contributed by atoms with Crippen molar-refractivity contribution in [3.05, 3.63) is 40.7 Å². The first-order valence-corrected chi connectivity index (χ1v) is 7.39. The highest BCUT2D eigenvalue weighted by atomic mass is 79.9. The van der Waals surface area contributed by atoms with Crippen LogP contribution in [0, 0.1) is 0 Å². The van der Waals surface area contributed by atoms with Crippen molar-refractivity contribution in [1.29, 1.82) is 0 Å². The highest BCUT2D eigenvalue weighted by Gasteiger charge is 2.20. The van der Waals surface area contributed by atoms with Gasteiger partial charge in [0.1, 0.15) is 6.26 Å². The molecule has 0 bridgehead atoms. The third kappa shape index (κ3) is 3.40. The summed E-state index contributed by atoms with van der Waals surface area (Å²) in [7, 11) is 2.85. The van der Waals surface area contributed by atoms with Crippen LogP contribution in [0.4, 0.5) is 5.13 Å². The summed E-state index contributed by atoms with van der Waals surface area (Å²) < 4.78 is 9.81. The fourth-order valence-corrected chi connectivity index (χ4v) is 2.48. The minimum atomic E-state index is -0.652. The molecule has 0 radical (unpaired) electrons. The fourth-order valence-electron chi connectivity index (χ4n) is 1.55. The van der Waals surface area contributed by atoms with Crippen molar-refractivity contribution in [2.24, 2.45) is 0 Å². The number of aliphatic hydroxyl groups is 1. The molecule has 8 heteroatoms. The number of rotatable bonds is 4. The Morgan fingerprint density at radius 1 is 1.43 bits per heavy atom. The fraction of sp³-hybridized carbons (Fsp3) is 0.154. The summed E-state index contributed by atoms with van der Waals surface area (Å²) in [5.41, 5.74) is 0.845. The van der Waals surface area contributed by atoms with Crippen LogP contribution in [0.2, 0.25) is 0 Å². The number of carbonyl (C=O) groups excluding carboxylic acids is 1. The molecule has 0 aliphatic carbocycles. The average molecular weight is 370 g/mol. The normalized spacial score (nSPS) is 11.3. The van der Waals surface area contributed by atoms with Crippen LogP contribution in [0.1, 0.15) is 0 Å². The number of hydrogen-bond acceptors (Lipinski definition) is 7. The lowest BCUT2D eigenvalue weighted by Gasteiger charge is -2.15. The van der Waals surface area contributed by atoms with E-state index < -0.39 is 5.97 Å². The number of nitrogens with zero attached hydrogens (tertiary/aromatic N) is 3. The van der Waals surface area contributed by atoms with E-state index in [2.05, 4.69) is 30.0 Å². The van der Waals surface area contributed by atoms with E-state index in [0.29, 0.717) is 17.2 Å². The highest BCUT2D eigenvalue weighted by Crippen LogP contribution is 2.26. The maximum Gasteiger partial charge on any atom is 0.357 e. The number of esters is 1. The predicted octanol–water partition coefficient (Wildman–Crippen LogP) is 2.98. The summed E-state index contributed by atoms with van der Waals surface area (Å²) in [5, 5.41) is 9.63. The number of aliphatic hydroxyl groups excluding tert-OH is 1. The molecule has 110 valence electrons. The van der Waals surface area contributed by atoms with Gasteiger partial charge in [0.15, 0.2) is 11.5 Å². The van der Waals surface area contributed by atoms with Crippen molar-refractivity contribution in [2.45, 2.75) is 0 Å². The van der Waals surface area contributed by atoms with Crippen LogP contribution >= 0.6 is 27.5 Å². The monoisotopic (exact) mass is 369 g/mol. The van der Waals surface area contributed by atoms with Gasteiger partial charge in [-0.25, -0.2) is 4.79 Å². The quantitative estimate of drug-likeness (QED) is 0.507.